The highest BCUT2D eigenvalue weighted by atomic mass is 79.9. The zero-order chi connectivity index (χ0) is 18.3. The quantitative estimate of drug-likeness (QED) is 0.494. The van der Waals surface area contributed by atoms with Gasteiger partial charge >= 0.3 is 0 Å². The second-order valence-corrected chi connectivity index (χ2v) is 9.72. The summed E-state index contributed by atoms with van der Waals surface area (Å²) in [6, 6.07) is 0. The maximum atomic E-state index is 10.7. The third-order valence-electron chi connectivity index (χ3n) is 6.39. The van der Waals surface area contributed by atoms with Crippen LogP contribution in [0.2, 0.25) is 0 Å². The smallest absolute Gasteiger partial charge is 0.0880 e. The first-order valence-corrected chi connectivity index (χ1v) is 9.97. The van der Waals surface area contributed by atoms with Crippen LogP contribution in [0.3, 0.4) is 0 Å². The molecule has 0 aromatic carbocycles. The average Bonchev–Trinajstić information content (AvgIpc) is 2.46. The van der Waals surface area contributed by atoms with Gasteiger partial charge in [0, 0.05) is 4.83 Å². The topological polar surface area (TPSA) is 60.7 Å². The predicted octanol–water partition coefficient (Wildman–Crippen LogP) is 3.96. The Labute approximate surface area is 155 Å². The van der Waals surface area contributed by atoms with Crippen LogP contribution in [0.5, 0.6) is 0 Å². The van der Waals surface area contributed by atoms with Crippen LogP contribution in [0.15, 0.2) is 24.3 Å². The van der Waals surface area contributed by atoms with Gasteiger partial charge in [0.05, 0.1) is 17.3 Å². The molecule has 2 aliphatic carbocycles. The lowest BCUT2D eigenvalue weighted by Crippen LogP contribution is -2.51. The molecule has 0 aliphatic heterocycles. The van der Waals surface area contributed by atoms with Gasteiger partial charge in [-0.1, -0.05) is 40.2 Å². The summed E-state index contributed by atoms with van der Waals surface area (Å²) in [5.74, 6) is 0.540. The summed E-state index contributed by atoms with van der Waals surface area (Å²) in [6.45, 7) is 14.0. The Morgan fingerprint density at radius 3 is 2.25 bits per heavy atom. The minimum absolute atomic E-state index is 0.0324. The minimum atomic E-state index is -1.04. The zero-order valence-electron chi connectivity index (χ0n) is 15.3. The van der Waals surface area contributed by atoms with Crippen molar-refractivity contribution in [2.45, 2.75) is 81.4 Å². The number of hydrogen-bond acceptors (Lipinski definition) is 3. The van der Waals surface area contributed by atoms with Crippen LogP contribution in [-0.2, 0) is 0 Å². The van der Waals surface area contributed by atoms with Gasteiger partial charge in [0.15, 0.2) is 0 Å². The SMILES string of the molecule is C=C(C[C@@H]1[C@@H](C(=C)C)CC[C@@](C)(O)[C@@H]1O)[C@H]1CC[C@@](C)(O)[C@@H](Br)C1. The highest BCUT2D eigenvalue weighted by molar-refractivity contribution is 9.09. The fourth-order valence-electron chi connectivity index (χ4n) is 4.44. The van der Waals surface area contributed by atoms with Gasteiger partial charge in [-0.25, -0.2) is 0 Å². The summed E-state index contributed by atoms with van der Waals surface area (Å²) in [5, 5.41) is 31.5. The molecule has 0 amide bonds. The standard InChI is InChI=1S/C20H33BrO3/c1-12(2)15-7-9-20(5,24)18(22)16(15)10-13(3)14-6-8-19(4,23)17(21)11-14/h14-18,22-24H,1,3,6-11H2,2,4-5H3/t14-,15+,16+,17-,18+,19+,20+/m0/s1. The molecule has 0 bridgehead atoms. The highest BCUT2D eigenvalue weighted by Gasteiger charge is 2.46. The first kappa shape index (κ1) is 20.2. The molecule has 0 aromatic rings. The summed E-state index contributed by atoms with van der Waals surface area (Å²) in [6.07, 6.45) is 3.95. The van der Waals surface area contributed by atoms with Crippen molar-refractivity contribution in [2.75, 3.05) is 0 Å². The molecule has 0 spiro atoms. The normalized spacial score (nSPS) is 46.5. The van der Waals surface area contributed by atoms with Crippen LogP contribution in [-0.4, -0.2) is 37.5 Å². The molecule has 4 heteroatoms. The Morgan fingerprint density at radius 1 is 1.12 bits per heavy atom. The van der Waals surface area contributed by atoms with Gasteiger partial charge in [0.1, 0.15) is 0 Å². The van der Waals surface area contributed by atoms with E-state index in [9.17, 15) is 15.3 Å². The van der Waals surface area contributed by atoms with Crippen LogP contribution in [0.4, 0.5) is 0 Å². The van der Waals surface area contributed by atoms with E-state index in [1.54, 1.807) is 6.92 Å². The third-order valence-corrected chi connectivity index (χ3v) is 7.75. The number of halogens is 1. The lowest BCUT2D eigenvalue weighted by molar-refractivity contribution is -0.127. The Bertz CT molecular complexity index is 497. The Morgan fingerprint density at radius 2 is 1.71 bits per heavy atom. The Hall–Kier alpha value is -0.160. The summed E-state index contributed by atoms with van der Waals surface area (Å²) in [7, 11) is 0. The fourth-order valence-corrected chi connectivity index (χ4v) is 5.12. The summed E-state index contributed by atoms with van der Waals surface area (Å²) < 4.78 is 0. The van der Waals surface area contributed by atoms with Gasteiger partial charge < -0.3 is 15.3 Å². The summed E-state index contributed by atoms with van der Waals surface area (Å²) in [5.41, 5.74) is 0.506. The van der Waals surface area contributed by atoms with E-state index in [-0.39, 0.29) is 16.7 Å². The molecule has 3 N–H and O–H groups in total. The number of allylic oxidation sites excluding steroid dienone is 2. The van der Waals surface area contributed by atoms with Crippen molar-refractivity contribution in [2.24, 2.45) is 17.8 Å². The molecule has 0 heterocycles. The van der Waals surface area contributed by atoms with Crippen molar-refractivity contribution in [3.8, 4) is 0 Å². The van der Waals surface area contributed by atoms with E-state index in [2.05, 4.69) is 29.1 Å². The highest BCUT2D eigenvalue weighted by Crippen LogP contribution is 2.46. The molecule has 3 nitrogen and oxygen atoms in total. The lowest BCUT2D eigenvalue weighted by Gasteiger charge is -2.46. The molecule has 24 heavy (non-hydrogen) atoms. The van der Waals surface area contributed by atoms with E-state index in [1.807, 2.05) is 13.8 Å². The van der Waals surface area contributed by atoms with E-state index in [0.29, 0.717) is 18.8 Å². The molecule has 0 saturated heterocycles. The molecule has 138 valence electrons. The van der Waals surface area contributed by atoms with Gasteiger partial charge in [-0.05, 0) is 77.0 Å². The maximum Gasteiger partial charge on any atom is 0.0880 e. The van der Waals surface area contributed by atoms with Crippen molar-refractivity contribution >= 4 is 15.9 Å². The fraction of sp³-hybridized carbons (Fsp3) is 0.800. The van der Waals surface area contributed by atoms with Crippen molar-refractivity contribution in [3.05, 3.63) is 24.3 Å². The molecule has 0 radical (unpaired) electrons. The molecule has 7 atom stereocenters. The molecule has 0 aromatic heterocycles. The van der Waals surface area contributed by atoms with E-state index < -0.39 is 17.3 Å². The van der Waals surface area contributed by atoms with Gasteiger partial charge in [-0.3, -0.25) is 0 Å². The average molecular weight is 401 g/mol. The van der Waals surface area contributed by atoms with E-state index in [1.165, 1.54) is 0 Å². The molecule has 2 fully saturated rings. The molecule has 2 saturated carbocycles. The first-order valence-electron chi connectivity index (χ1n) is 9.05. The summed E-state index contributed by atoms with van der Waals surface area (Å²) >= 11 is 3.61. The molecule has 2 aliphatic rings. The molecule has 0 unspecified atom stereocenters. The van der Waals surface area contributed by atoms with E-state index in [0.717, 1.165) is 36.8 Å². The number of aliphatic hydroxyl groups is 3. The van der Waals surface area contributed by atoms with Crippen LogP contribution < -0.4 is 0 Å². The predicted molar refractivity (Wildman–Crippen MR) is 102 cm³/mol. The van der Waals surface area contributed by atoms with Crippen LogP contribution in [0.1, 0.15) is 59.3 Å². The molecular formula is C20H33BrO3. The summed E-state index contributed by atoms with van der Waals surface area (Å²) in [4.78, 5) is 0.0665. The van der Waals surface area contributed by atoms with Crippen LogP contribution in [0, 0.1) is 17.8 Å². The Balaban J connectivity index is 2.09. The van der Waals surface area contributed by atoms with E-state index >= 15 is 0 Å². The van der Waals surface area contributed by atoms with E-state index in [4.69, 9.17) is 0 Å². The van der Waals surface area contributed by atoms with Crippen molar-refractivity contribution < 1.29 is 15.3 Å². The Kier molecular flexibility index (Phi) is 6.06. The van der Waals surface area contributed by atoms with Gasteiger partial charge in [0.25, 0.3) is 0 Å². The number of aliphatic hydroxyl groups excluding tert-OH is 1. The van der Waals surface area contributed by atoms with Crippen molar-refractivity contribution in [3.63, 3.8) is 0 Å². The zero-order valence-corrected chi connectivity index (χ0v) is 16.8. The molecule has 2 rings (SSSR count). The van der Waals surface area contributed by atoms with Gasteiger partial charge in [-0.15, -0.1) is 0 Å². The third kappa shape index (κ3) is 4.14. The number of hydrogen-bond donors (Lipinski definition) is 3. The number of rotatable bonds is 4. The van der Waals surface area contributed by atoms with Gasteiger partial charge in [0.2, 0.25) is 0 Å². The minimum Gasteiger partial charge on any atom is -0.390 e. The largest absolute Gasteiger partial charge is 0.390 e. The second-order valence-electron chi connectivity index (χ2n) is 8.62. The maximum absolute atomic E-state index is 10.7. The van der Waals surface area contributed by atoms with Crippen molar-refractivity contribution in [1.82, 2.24) is 0 Å². The van der Waals surface area contributed by atoms with Gasteiger partial charge in [-0.2, -0.15) is 0 Å². The number of alkyl halides is 1. The first-order chi connectivity index (χ1) is 11.0. The van der Waals surface area contributed by atoms with Crippen LogP contribution in [0.25, 0.3) is 0 Å². The monoisotopic (exact) mass is 400 g/mol. The lowest BCUT2D eigenvalue weighted by atomic mass is 9.64. The molecular weight excluding hydrogens is 368 g/mol. The second kappa shape index (κ2) is 7.22. The van der Waals surface area contributed by atoms with Crippen LogP contribution >= 0.6 is 15.9 Å². The van der Waals surface area contributed by atoms with Crippen molar-refractivity contribution in [1.29, 1.82) is 0 Å².